The summed E-state index contributed by atoms with van der Waals surface area (Å²) in [6, 6.07) is 9.62. The van der Waals surface area contributed by atoms with E-state index in [0.717, 1.165) is 41.0 Å². The van der Waals surface area contributed by atoms with Crippen molar-refractivity contribution in [3.8, 4) is 28.4 Å². The van der Waals surface area contributed by atoms with Crippen LogP contribution in [0.15, 0.2) is 30.3 Å². The second-order valence-electron chi connectivity index (χ2n) is 9.00. The Morgan fingerprint density at radius 2 is 2.03 bits per heavy atom. The molecule has 2 heterocycles. The van der Waals surface area contributed by atoms with Crippen LogP contribution in [0, 0.1) is 5.92 Å². The lowest BCUT2D eigenvalue weighted by molar-refractivity contribution is -0.135. The average Bonchev–Trinajstić information content (AvgIpc) is 3.20. The van der Waals surface area contributed by atoms with Gasteiger partial charge in [0.2, 0.25) is 5.91 Å². The van der Waals surface area contributed by atoms with Crippen LogP contribution in [0.4, 0.5) is 0 Å². The Labute approximate surface area is 194 Å². The van der Waals surface area contributed by atoms with Gasteiger partial charge in [0.05, 0.1) is 31.4 Å². The summed E-state index contributed by atoms with van der Waals surface area (Å²) in [6.07, 6.45) is 2.00. The number of halogens is 1. The van der Waals surface area contributed by atoms with E-state index in [1.165, 1.54) is 0 Å². The molecule has 0 aromatic heterocycles. The summed E-state index contributed by atoms with van der Waals surface area (Å²) < 4.78 is 22.7. The molecule has 2 aliphatic heterocycles. The lowest BCUT2D eigenvalue weighted by Crippen LogP contribution is -2.43. The fourth-order valence-corrected chi connectivity index (χ4v) is 4.79. The SMILES string of the molecule is COc1ccc(OC)c(-c2cc(Cl)c3c(c2)C[C@H](CNC(=O)[C@H]2CCOC(C)(C)C2)O3)c1. The van der Waals surface area contributed by atoms with E-state index in [0.29, 0.717) is 30.3 Å². The third kappa shape index (κ3) is 4.81. The van der Waals surface area contributed by atoms with E-state index in [2.05, 4.69) is 11.4 Å². The molecule has 0 bridgehead atoms. The monoisotopic (exact) mass is 459 g/mol. The number of benzene rings is 2. The second kappa shape index (κ2) is 9.20. The van der Waals surface area contributed by atoms with Crippen molar-refractivity contribution in [2.75, 3.05) is 27.4 Å². The predicted octanol–water partition coefficient (Wildman–Crippen LogP) is 4.65. The van der Waals surface area contributed by atoms with E-state index >= 15 is 0 Å². The van der Waals surface area contributed by atoms with Gasteiger partial charge in [0.1, 0.15) is 23.4 Å². The molecule has 2 aromatic rings. The molecule has 1 saturated heterocycles. The molecule has 6 nitrogen and oxygen atoms in total. The van der Waals surface area contributed by atoms with Gasteiger partial charge in [-0.15, -0.1) is 0 Å². The molecule has 1 amide bonds. The quantitative estimate of drug-likeness (QED) is 0.681. The van der Waals surface area contributed by atoms with Crippen LogP contribution in [-0.2, 0) is 16.0 Å². The Morgan fingerprint density at radius 3 is 2.75 bits per heavy atom. The summed E-state index contributed by atoms with van der Waals surface area (Å²) in [5.41, 5.74) is 2.59. The molecule has 1 fully saturated rings. The predicted molar refractivity (Wildman–Crippen MR) is 124 cm³/mol. The van der Waals surface area contributed by atoms with Crippen molar-refractivity contribution in [2.45, 2.75) is 44.8 Å². The minimum Gasteiger partial charge on any atom is -0.497 e. The van der Waals surface area contributed by atoms with Crippen molar-refractivity contribution in [3.63, 3.8) is 0 Å². The summed E-state index contributed by atoms with van der Waals surface area (Å²) in [5, 5.41) is 3.61. The van der Waals surface area contributed by atoms with Gasteiger partial charge in [-0.3, -0.25) is 4.79 Å². The molecular weight excluding hydrogens is 430 g/mol. The molecule has 2 atom stereocenters. The Hall–Kier alpha value is -2.44. The van der Waals surface area contributed by atoms with Gasteiger partial charge in [0.15, 0.2) is 0 Å². The number of methoxy groups -OCH3 is 2. The smallest absolute Gasteiger partial charge is 0.223 e. The highest BCUT2D eigenvalue weighted by Crippen LogP contribution is 2.42. The molecule has 0 saturated carbocycles. The maximum atomic E-state index is 12.7. The first-order chi connectivity index (χ1) is 15.3. The number of hydrogen-bond donors (Lipinski definition) is 1. The largest absolute Gasteiger partial charge is 0.497 e. The maximum absolute atomic E-state index is 12.7. The summed E-state index contributed by atoms with van der Waals surface area (Å²) >= 11 is 6.58. The van der Waals surface area contributed by atoms with Gasteiger partial charge in [0.25, 0.3) is 0 Å². The fraction of sp³-hybridized carbons (Fsp3) is 0.480. The van der Waals surface area contributed by atoms with Crippen molar-refractivity contribution in [2.24, 2.45) is 5.92 Å². The first kappa shape index (κ1) is 22.7. The second-order valence-corrected chi connectivity index (χ2v) is 9.41. The zero-order chi connectivity index (χ0) is 22.9. The number of hydrogen-bond acceptors (Lipinski definition) is 5. The van der Waals surface area contributed by atoms with E-state index in [9.17, 15) is 4.79 Å². The molecule has 4 rings (SSSR count). The molecule has 32 heavy (non-hydrogen) atoms. The van der Waals surface area contributed by atoms with Crippen LogP contribution >= 0.6 is 11.6 Å². The number of fused-ring (bicyclic) bond motifs is 1. The maximum Gasteiger partial charge on any atom is 0.223 e. The van der Waals surface area contributed by atoms with Crippen LogP contribution in [0.25, 0.3) is 11.1 Å². The average molecular weight is 460 g/mol. The number of nitrogens with one attached hydrogen (secondary N) is 1. The van der Waals surface area contributed by atoms with E-state index in [1.807, 2.05) is 38.1 Å². The molecule has 0 radical (unpaired) electrons. The number of amides is 1. The van der Waals surface area contributed by atoms with Gasteiger partial charge in [-0.25, -0.2) is 0 Å². The molecule has 172 valence electrons. The van der Waals surface area contributed by atoms with Crippen LogP contribution in [0.5, 0.6) is 17.2 Å². The van der Waals surface area contributed by atoms with Crippen LogP contribution < -0.4 is 19.5 Å². The summed E-state index contributed by atoms with van der Waals surface area (Å²) in [5.74, 6) is 2.20. The number of carbonyl (C=O) groups excluding carboxylic acids is 1. The van der Waals surface area contributed by atoms with Crippen molar-refractivity contribution >= 4 is 17.5 Å². The summed E-state index contributed by atoms with van der Waals surface area (Å²) in [4.78, 5) is 12.7. The molecular formula is C25H30ClNO5. The number of rotatable bonds is 6. The molecule has 7 heteroatoms. The number of carbonyl (C=O) groups is 1. The van der Waals surface area contributed by atoms with Crippen molar-refractivity contribution in [1.29, 1.82) is 0 Å². The van der Waals surface area contributed by atoms with Crippen LogP contribution in [-0.4, -0.2) is 45.0 Å². The molecule has 0 aliphatic carbocycles. The van der Waals surface area contributed by atoms with Gasteiger partial charge >= 0.3 is 0 Å². The fourth-order valence-electron chi connectivity index (χ4n) is 4.51. The van der Waals surface area contributed by atoms with Gasteiger partial charge in [-0.2, -0.15) is 0 Å². The summed E-state index contributed by atoms with van der Waals surface area (Å²) in [7, 11) is 3.27. The van der Waals surface area contributed by atoms with E-state index in [1.54, 1.807) is 14.2 Å². The van der Waals surface area contributed by atoms with Crippen LogP contribution in [0.3, 0.4) is 0 Å². The molecule has 2 aliphatic rings. The molecule has 2 aromatic carbocycles. The first-order valence-electron chi connectivity index (χ1n) is 10.9. The summed E-state index contributed by atoms with van der Waals surface area (Å²) in [6.45, 7) is 5.11. The Morgan fingerprint density at radius 1 is 1.22 bits per heavy atom. The normalized spacial score (nSPS) is 21.4. The Balaban J connectivity index is 1.45. The topological polar surface area (TPSA) is 66.0 Å². The van der Waals surface area contributed by atoms with E-state index in [-0.39, 0.29) is 23.5 Å². The third-order valence-electron chi connectivity index (χ3n) is 6.14. The lowest BCUT2D eigenvalue weighted by Gasteiger charge is -2.34. The highest BCUT2D eigenvalue weighted by atomic mass is 35.5. The van der Waals surface area contributed by atoms with E-state index < -0.39 is 0 Å². The Kier molecular flexibility index (Phi) is 6.54. The third-order valence-corrected chi connectivity index (χ3v) is 6.42. The number of ether oxygens (including phenoxy) is 4. The van der Waals surface area contributed by atoms with Crippen molar-refractivity contribution in [3.05, 3.63) is 40.9 Å². The van der Waals surface area contributed by atoms with E-state index in [4.69, 9.17) is 30.5 Å². The van der Waals surface area contributed by atoms with Gasteiger partial charge in [0, 0.05) is 30.1 Å². The zero-order valence-electron chi connectivity index (χ0n) is 19.0. The lowest BCUT2D eigenvalue weighted by atomic mass is 9.88. The van der Waals surface area contributed by atoms with Crippen LogP contribution in [0.2, 0.25) is 5.02 Å². The van der Waals surface area contributed by atoms with Gasteiger partial charge < -0.3 is 24.3 Å². The van der Waals surface area contributed by atoms with Gasteiger partial charge in [-0.05, 0) is 62.6 Å². The highest BCUT2D eigenvalue weighted by molar-refractivity contribution is 6.32. The van der Waals surface area contributed by atoms with Gasteiger partial charge in [-0.1, -0.05) is 11.6 Å². The highest BCUT2D eigenvalue weighted by Gasteiger charge is 2.34. The molecule has 0 spiro atoms. The molecule has 1 N–H and O–H groups in total. The van der Waals surface area contributed by atoms with Crippen molar-refractivity contribution in [1.82, 2.24) is 5.32 Å². The minimum absolute atomic E-state index is 0.0294. The minimum atomic E-state index is -0.258. The standard InChI is InChI=1S/C25H30ClNO5/c1-25(2)13-15(7-8-31-25)24(28)27-14-19-10-17-9-16(11-21(26)23(17)32-19)20-12-18(29-3)5-6-22(20)30-4/h5-6,9,11-12,15,19H,7-8,10,13-14H2,1-4H3,(H,27,28)/t15-,19+/m0/s1. The zero-order valence-corrected chi connectivity index (χ0v) is 19.8. The Bertz CT molecular complexity index is 1010. The van der Waals surface area contributed by atoms with Crippen molar-refractivity contribution < 1.29 is 23.7 Å². The first-order valence-corrected chi connectivity index (χ1v) is 11.3. The van der Waals surface area contributed by atoms with Crippen LogP contribution in [0.1, 0.15) is 32.3 Å². The molecule has 0 unspecified atom stereocenters.